The van der Waals surface area contributed by atoms with Crippen LogP contribution in [-0.2, 0) is 0 Å². The van der Waals surface area contributed by atoms with Gasteiger partial charge in [0.05, 0.1) is 6.04 Å². The fourth-order valence-electron chi connectivity index (χ4n) is 1.07. The van der Waals surface area contributed by atoms with Crippen molar-refractivity contribution >= 4 is 15.9 Å². The van der Waals surface area contributed by atoms with Crippen molar-refractivity contribution in [1.82, 2.24) is 4.98 Å². The average molecular weight is 245 g/mol. The molecule has 1 aromatic heterocycles. The van der Waals surface area contributed by atoms with Crippen molar-refractivity contribution < 1.29 is 4.39 Å². The molecule has 1 unspecified atom stereocenters. The van der Waals surface area contributed by atoms with Crippen LogP contribution in [0.15, 0.2) is 23.3 Å². The van der Waals surface area contributed by atoms with Crippen molar-refractivity contribution in [2.75, 3.05) is 0 Å². The fraction of sp³-hybridized carbons (Fsp3) is 0.222. The number of pyridine rings is 1. The number of hydrogen-bond acceptors (Lipinski definition) is 2. The second kappa shape index (κ2) is 3.98. The first-order valence-electron chi connectivity index (χ1n) is 3.76. The second-order valence-corrected chi connectivity index (χ2v) is 3.55. The third kappa shape index (κ3) is 1.95. The Bertz CT molecular complexity index is 339. The minimum atomic E-state index is -0.534. The molecule has 0 spiro atoms. The molecule has 0 aromatic carbocycles. The number of hydrogen-bond donors (Lipinski definition) is 1. The van der Waals surface area contributed by atoms with Gasteiger partial charge in [-0.25, -0.2) is 4.98 Å². The van der Waals surface area contributed by atoms with Gasteiger partial charge in [-0.3, -0.25) is 0 Å². The van der Waals surface area contributed by atoms with Crippen molar-refractivity contribution in [3.8, 4) is 0 Å². The molecular formula is C9H10BrFN2. The van der Waals surface area contributed by atoms with Crippen molar-refractivity contribution in [1.29, 1.82) is 0 Å². The van der Waals surface area contributed by atoms with Gasteiger partial charge in [0.2, 0.25) is 5.95 Å². The zero-order valence-corrected chi connectivity index (χ0v) is 8.81. The predicted octanol–water partition coefficient (Wildman–Crippen LogP) is 2.48. The van der Waals surface area contributed by atoms with Gasteiger partial charge < -0.3 is 5.73 Å². The Hall–Kier alpha value is -0.740. The summed E-state index contributed by atoms with van der Waals surface area (Å²) in [4.78, 5) is 3.57. The average Bonchev–Trinajstić information content (AvgIpc) is 2.12. The van der Waals surface area contributed by atoms with Crippen molar-refractivity contribution in [2.45, 2.75) is 13.0 Å². The van der Waals surface area contributed by atoms with Crippen LogP contribution in [0.4, 0.5) is 4.39 Å². The van der Waals surface area contributed by atoms with Crippen LogP contribution in [0, 0.1) is 12.9 Å². The summed E-state index contributed by atoms with van der Waals surface area (Å²) in [6.45, 7) is 5.30. The van der Waals surface area contributed by atoms with Gasteiger partial charge in [-0.1, -0.05) is 6.08 Å². The van der Waals surface area contributed by atoms with Crippen LogP contribution in [0.1, 0.15) is 17.2 Å². The minimum Gasteiger partial charge on any atom is -0.321 e. The van der Waals surface area contributed by atoms with Crippen LogP contribution in [0.3, 0.4) is 0 Å². The molecule has 0 saturated carbocycles. The van der Waals surface area contributed by atoms with Gasteiger partial charge in [0.1, 0.15) is 0 Å². The first-order chi connectivity index (χ1) is 6.07. The SMILES string of the molecule is C=CC(N)c1c(F)ncc(Br)c1C. The van der Waals surface area contributed by atoms with E-state index in [4.69, 9.17) is 5.73 Å². The van der Waals surface area contributed by atoms with E-state index >= 15 is 0 Å². The lowest BCUT2D eigenvalue weighted by atomic mass is 10.0. The molecule has 1 rings (SSSR count). The smallest absolute Gasteiger partial charge is 0.218 e. The maximum Gasteiger partial charge on any atom is 0.218 e. The minimum absolute atomic E-state index is 0.393. The molecule has 0 amide bonds. The van der Waals surface area contributed by atoms with E-state index in [-0.39, 0.29) is 0 Å². The van der Waals surface area contributed by atoms with Crippen molar-refractivity contribution in [3.63, 3.8) is 0 Å². The van der Waals surface area contributed by atoms with Gasteiger partial charge in [-0.15, -0.1) is 6.58 Å². The van der Waals surface area contributed by atoms with E-state index in [0.717, 1.165) is 10.0 Å². The monoisotopic (exact) mass is 244 g/mol. The lowest BCUT2D eigenvalue weighted by molar-refractivity contribution is 0.557. The molecule has 0 aliphatic heterocycles. The standard InChI is InChI=1S/C9H10BrFN2/c1-3-7(12)8-5(2)6(10)4-13-9(8)11/h3-4,7H,1,12H2,2H3. The van der Waals surface area contributed by atoms with E-state index < -0.39 is 12.0 Å². The molecule has 1 atom stereocenters. The summed E-state index contributed by atoms with van der Waals surface area (Å²) in [7, 11) is 0. The molecule has 0 saturated heterocycles. The number of nitrogens with zero attached hydrogens (tertiary/aromatic N) is 1. The van der Waals surface area contributed by atoms with Gasteiger partial charge in [-0.05, 0) is 28.4 Å². The number of aromatic nitrogens is 1. The Morgan fingerprint density at radius 1 is 1.77 bits per heavy atom. The first kappa shape index (κ1) is 10.3. The molecule has 0 radical (unpaired) electrons. The predicted molar refractivity (Wildman–Crippen MR) is 53.8 cm³/mol. The highest BCUT2D eigenvalue weighted by molar-refractivity contribution is 9.10. The van der Waals surface area contributed by atoms with Gasteiger partial charge >= 0.3 is 0 Å². The molecular weight excluding hydrogens is 235 g/mol. The molecule has 0 aliphatic carbocycles. The maximum atomic E-state index is 13.2. The van der Waals surface area contributed by atoms with Crippen LogP contribution in [0.2, 0.25) is 0 Å². The number of nitrogens with two attached hydrogens (primary N) is 1. The van der Waals surface area contributed by atoms with E-state index in [0.29, 0.717) is 5.56 Å². The van der Waals surface area contributed by atoms with E-state index in [1.54, 1.807) is 6.92 Å². The summed E-state index contributed by atoms with van der Waals surface area (Å²) in [5.41, 5.74) is 6.80. The first-order valence-corrected chi connectivity index (χ1v) is 4.56. The lowest BCUT2D eigenvalue weighted by Crippen LogP contribution is -2.12. The van der Waals surface area contributed by atoms with E-state index in [2.05, 4.69) is 27.5 Å². The maximum absolute atomic E-state index is 13.2. The number of rotatable bonds is 2. The molecule has 13 heavy (non-hydrogen) atoms. The quantitative estimate of drug-likeness (QED) is 0.642. The molecule has 0 bridgehead atoms. The summed E-state index contributed by atoms with van der Waals surface area (Å²) in [5, 5.41) is 0. The number of halogens is 2. The molecule has 2 nitrogen and oxygen atoms in total. The third-order valence-electron chi connectivity index (χ3n) is 1.86. The Morgan fingerprint density at radius 2 is 2.38 bits per heavy atom. The molecule has 2 N–H and O–H groups in total. The van der Waals surface area contributed by atoms with Crippen molar-refractivity contribution in [3.05, 3.63) is 40.4 Å². The molecule has 70 valence electrons. The second-order valence-electron chi connectivity index (χ2n) is 2.70. The van der Waals surface area contributed by atoms with Crippen LogP contribution in [0.5, 0.6) is 0 Å². The zero-order valence-electron chi connectivity index (χ0n) is 7.22. The largest absolute Gasteiger partial charge is 0.321 e. The Morgan fingerprint density at radius 3 is 2.92 bits per heavy atom. The highest BCUT2D eigenvalue weighted by Crippen LogP contribution is 2.24. The summed E-state index contributed by atoms with van der Waals surface area (Å²) in [5.74, 6) is -0.534. The van der Waals surface area contributed by atoms with Gasteiger partial charge in [0.15, 0.2) is 0 Å². The molecule has 4 heteroatoms. The Balaban J connectivity index is 3.32. The summed E-state index contributed by atoms with van der Waals surface area (Å²) < 4.78 is 14.0. The highest BCUT2D eigenvalue weighted by atomic mass is 79.9. The third-order valence-corrected chi connectivity index (χ3v) is 2.66. The summed E-state index contributed by atoms with van der Waals surface area (Å²) in [6.07, 6.45) is 2.91. The lowest BCUT2D eigenvalue weighted by Gasteiger charge is -2.11. The van der Waals surface area contributed by atoms with Crippen molar-refractivity contribution in [2.24, 2.45) is 5.73 Å². The van der Waals surface area contributed by atoms with Gasteiger partial charge in [-0.2, -0.15) is 4.39 Å². The summed E-state index contributed by atoms with van der Waals surface area (Å²) in [6, 6.07) is -0.509. The van der Waals surface area contributed by atoms with Gasteiger partial charge in [0.25, 0.3) is 0 Å². The van der Waals surface area contributed by atoms with E-state index in [1.807, 2.05) is 0 Å². The van der Waals surface area contributed by atoms with E-state index in [9.17, 15) is 4.39 Å². The van der Waals surface area contributed by atoms with Crippen LogP contribution in [0.25, 0.3) is 0 Å². The van der Waals surface area contributed by atoms with Crippen LogP contribution in [-0.4, -0.2) is 4.98 Å². The van der Waals surface area contributed by atoms with Gasteiger partial charge in [0, 0.05) is 16.2 Å². The molecule has 0 fully saturated rings. The molecule has 1 aromatic rings. The van der Waals surface area contributed by atoms with Crippen LogP contribution < -0.4 is 5.73 Å². The normalized spacial score (nSPS) is 12.6. The topological polar surface area (TPSA) is 38.9 Å². The Labute approximate surface area is 84.8 Å². The van der Waals surface area contributed by atoms with E-state index in [1.165, 1.54) is 12.3 Å². The molecule has 0 aliphatic rings. The van der Waals surface area contributed by atoms with Crippen LogP contribution >= 0.6 is 15.9 Å². The zero-order chi connectivity index (χ0) is 10.0. The fourth-order valence-corrected chi connectivity index (χ4v) is 1.38. The molecule has 1 heterocycles. The Kier molecular flexibility index (Phi) is 3.17. The highest BCUT2D eigenvalue weighted by Gasteiger charge is 2.14. The summed E-state index contributed by atoms with van der Waals surface area (Å²) >= 11 is 3.26.